The lowest BCUT2D eigenvalue weighted by Gasteiger charge is -2.41. The third-order valence-electron chi connectivity index (χ3n) is 7.67. The Bertz CT molecular complexity index is 751. The van der Waals surface area contributed by atoms with E-state index < -0.39 is 0 Å². The lowest BCUT2D eigenvalue weighted by molar-refractivity contribution is 0.102. The minimum absolute atomic E-state index is 0.243. The molecule has 1 saturated carbocycles. The molecule has 0 bridgehead atoms. The van der Waals surface area contributed by atoms with Gasteiger partial charge in [0.1, 0.15) is 0 Å². The summed E-state index contributed by atoms with van der Waals surface area (Å²) in [7, 11) is 2.24. The predicted molar refractivity (Wildman–Crippen MR) is 130 cm³/mol. The van der Waals surface area contributed by atoms with Crippen LogP contribution in [0.3, 0.4) is 0 Å². The van der Waals surface area contributed by atoms with Crippen molar-refractivity contribution in [2.24, 2.45) is 11.8 Å². The summed E-state index contributed by atoms with van der Waals surface area (Å²) in [5, 5.41) is 0. The van der Waals surface area contributed by atoms with Crippen LogP contribution in [0.4, 0.5) is 5.69 Å². The van der Waals surface area contributed by atoms with Crippen molar-refractivity contribution in [3.63, 3.8) is 0 Å². The second-order valence-corrected chi connectivity index (χ2v) is 11.2. The highest BCUT2D eigenvalue weighted by atomic mass is 32.1. The Labute approximate surface area is 187 Å². The van der Waals surface area contributed by atoms with Gasteiger partial charge in [-0.1, -0.05) is 25.8 Å². The molecule has 0 N–H and O–H groups in total. The van der Waals surface area contributed by atoms with Crippen molar-refractivity contribution in [1.82, 2.24) is 4.90 Å². The highest BCUT2D eigenvalue weighted by Crippen LogP contribution is 2.41. The van der Waals surface area contributed by atoms with E-state index in [0.29, 0.717) is 6.04 Å². The molecule has 30 heavy (non-hydrogen) atoms. The van der Waals surface area contributed by atoms with Crippen LogP contribution in [0.15, 0.2) is 12.1 Å². The fraction of sp³-hybridized carbons (Fsp3) is 0.731. The van der Waals surface area contributed by atoms with Gasteiger partial charge in [-0.15, -0.1) is 11.3 Å². The first-order valence-electron chi connectivity index (χ1n) is 12.3. The molecule has 0 spiro atoms. The van der Waals surface area contributed by atoms with Crippen LogP contribution in [0.5, 0.6) is 0 Å². The number of ketones is 1. The van der Waals surface area contributed by atoms with E-state index >= 15 is 0 Å². The van der Waals surface area contributed by atoms with E-state index in [2.05, 4.69) is 35.9 Å². The second-order valence-electron chi connectivity index (χ2n) is 10.2. The topological polar surface area (TPSA) is 23.6 Å². The number of likely N-dealkylation sites (tertiary alicyclic amines) is 1. The SMILES string of the molecule is CC(=O)c1sc(C2=CCCCC2)cc1N(CC1CCC(C)CC1)C1CCN(C)CC1. The molecular formula is C26H40N2OS. The summed E-state index contributed by atoms with van der Waals surface area (Å²) in [6.45, 7) is 7.64. The first-order chi connectivity index (χ1) is 14.5. The van der Waals surface area contributed by atoms with Gasteiger partial charge in [-0.05, 0) is 95.0 Å². The highest BCUT2D eigenvalue weighted by Gasteiger charge is 2.31. The van der Waals surface area contributed by atoms with Gasteiger partial charge in [0.15, 0.2) is 5.78 Å². The van der Waals surface area contributed by atoms with E-state index in [4.69, 9.17) is 0 Å². The van der Waals surface area contributed by atoms with Crippen LogP contribution in [0, 0.1) is 11.8 Å². The van der Waals surface area contributed by atoms with E-state index in [9.17, 15) is 4.79 Å². The molecule has 0 radical (unpaired) electrons. The number of allylic oxidation sites excluding steroid dienone is 2. The Morgan fingerprint density at radius 2 is 1.87 bits per heavy atom. The molecule has 3 nitrogen and oxygen atoms in total. The third kappa shape index (κ3) is 5.19. The van der Waals surface area contributed by atoms with Gasteiger partial charge in [0.2, 0.25) is 0 Å². The van der Waals surface area contributed by atoms with Gasteiger partial charge in [0.05, 0.1) is 10.6 Å². The van der Waals surface area contributed by atoms with E-state index in [1.165, 1.54) is 93.4 Å². The van der Waals surface area contributed by atoms with Gasteiger partial charge in [0.25, 0.3) is 0 Å². The number of carbonyl (C=O) groups is 1. The normalized spacial score (nSPS) is 26.4. The number of hydrogen-bond acceptors (Lipinski definition) is 4. The van der Waals surface area contributed by atoms with Crippen molar-refractivity contribution in [3.8, 4) is 0 Å². The molecule has 1 aromatic heterocycles. The van der Waals surface area contributed by atoms with Gasteiger partial charge >= 0.3 is 0 Å². The summed E-state index contributed by atoms with van der Waals surface area (Å²) in [6, 6.07) is 2.96. The number of Topliss-reactive ketones (excluding diaryl/α,β-unsaturated/α-hetero) is 1. The van der Waals surface area contributed by atoms with Gasteiger partial charge in [-0.3, -0.25) is 4.79 Å². The average Bonchev–Trinajstić information content (AvgIpc) is 3.20. The Hall–Kier alpha value is -1.13. The molecular weight excluding hydrogens is 388 g/mol. The van der Waals surface area contributed by atoms with Crippen molar-refractivity contribution in [2.75, 3.05) is 31.6 Å². The van der Waals surface area contributed by atoms with Crippen LogP contribution in [-0.4, -0.2) is 43.4 Å². The molecule has 1 saturated heterocycles. The number of piperidine rings is 1. The highest BCUT2D eigenvalue weighted by molar-refractivity contribution is 7.15. The zero-order valence-electron chi connectivity index (χ0n) is 19.3. The fourth-order valence-corrected chi connectivity index (χ4v) is 6.74. The molecule has 1 aromatic rings. The van der Waals surface area contributed by atoms with Gasteiger partial charge in [-0.25, -0.2) is 0 Å². The predicted octanol–water partition coefficient (Wildman–Crippen LogP) is 6.64. The molecule has 0 amide bonds. The van der Waals surface area contributed by atoms with E-state index in [0.717, 1.165) is 23.3 Å². The maximum Gasteiger partial charge on any atom is 0.171 e. The van der Waals surface area contributed by atoms with Crippen LogP contribution in [0.2, 0.25) is 0 Å². The zero-order valence-corrected chi connectivity index (χ0v) is 20.1. The molecule has 2 heterocycles. The Kier molecular flexibility index (Phi) is 7.36. The standard InChI is InChI=1S/C26H40N2OS/c1-19-9-11-21(12-10-19)18-28(23-13-15-27(3)16-14-23)24-17-25(30-26(24)20(2)29)22-7-5-4-6-8-22/h7,17,19,21,23H,4-6,8-16,18H2,1-3H3. The minimum Gasteiger partial charge on any atom is -0.367 e. The smallest absolute Gasteiger partial charge is 0.171 e. The summed E-state index contributed by atoms with van der Waals surface area (Å²) in [5.74, 6) is 1.91. The van der Waals surface area contributed by atoms with Crippen LogP contribution in [0.1, 0.15) is 92.6 Å². The number of hydrogen-bond donors (Lipinski definition) is 0. The Balaban J connectivity index is 1.63. The lowest BCUT2D eigenvalue weighted by atomic mass is 9.82. The maximum atomic E-state index is 12.7. The van der Waals surface area contributed by atoms with Gasteiger partial charge < -0.3 is 9.80 Å². The maximum absolute atomic E-state index is 12.7. The molecule has 0 aromatic carbocycles. The van der Waals surface area contributed by atoms with Crippen molar-refractivity contribution < 1.29 is 4.79 Å². The summed E-state index contributed by atoms with van der Waals surface area (Å²) in [4.78, 5) is 20.2. The number of rotatable bonds is 6. The zero-order chi connectivity index (χ0) is 21.1. The molecule has 3 aliphatic rings. The Morgan fingerprint density at radius 3 is 2.50 bits per heavy atom. The molecule has 1 aliphatic heterocycles. The van der Waals surface area contributed by atoms with Crippen molar-refractivity contribution in [3.05, 3.63) is 21.9 Å². The number of thiophene rings is 1. The number of anilines is 1. The average molecular weight is 429 g/mol. The van der Waals surface area contributed by atoms with Crippen LogP contribution >= 0.6 is 11.3 Å². The summed E-state index contributed by atoms with van der Waals surface area (Å²) in [6.07, 6.45) is 15.2. The van der Waals surface area contributed by atoms with Crippen molar-refractivity contribution in [2.45, 2.75) is 84.1 Å². The molecule has 0 unspecified atom stereocenters. The van der Waals surface area contributed by atoms with Crippen LogP contribution in [0.25, 0.3) is 5.57 Å². The molecule has 2 aliphatic carbocycles. The largest absolute Gasteiger partial charge is 0.367 e. The first kappa shape index (κ1) is 22.1. The fourth-order valence-electron chi connectivity index (χ4n) is 5.61. The van der Waals surface area contributed by atoms with Crippen molar-refractivity contribution in [1.29, 1.82) is 0 Å². The van der Waals surface area contributed by atoms with E-state index in [-0.39, 0.29) is 5.78 Å². The number of carbonyl (C=O) groups excluding carboxylic acids is 1. The van der Waals surface area contributed by atoms with E-state index in [1.54, 1.807) is 18.3 Å². The van der Waals surface area contributed by atoms with Crippen LogP contribution < -0.4 is 4.90 Å². The van der Waals surface area contributed by atoms with Crippen molar-refractivity contribution >= 4 is 28.4 Å². The monoisotopic (exact) mass is 428 g/mol. The Morgan fingerprint density at radius 1 is 1.13 bits per heavy atom. The molecule has 2 fully saturated rings. The van der Waals surface area contributed by atoms with E-state index in [1.807, 2.05) is 0 Å². The number of nitrogens with zero attached hydrogens (tertiary/aromatic N) is 2. The van der Waals surface area contributed by atoms with Gasteiger partial charge in [-0.2, -0.15) is 0 Å². The molecule has 166 valence electrons. The molecule has 0 atom stereocenters. The lowest BCUT2D eigenvalue weighted by Crippen LogP contribution is -2.46. The third-order valence-corrected chi connectivity index (χ3v) is 8.97. The van der Waals surface area contributed by atoms with Crippen LogP contribution in [-0.2, 0) is 0 Å². The second kappa shape index (κ2) is 9.99. The summed E-state index contributed by atoms with van der Waals surface area (Å²) < 4.78 is 0. The van der Waals surface area contributed by atoms with Gasteiger partial charge in [0, 0.05) is 24.4 Å². The summed E-state index contributed by atoms with van der Waals surface area (Å²) >= 11 is 1.76. The quantitative estimate of drug-likeness (QED) is 0.475. The summed E-state index contributed by atoms with van der Waals surface area (Å²) in [5.41, 5.74) is 2.73. The minimum atomic E-state index is 0.243. The first-order valence-corrected chi connectivity index (χ1v) is 13.1. The molecule has 4 heteroatoms. The molecule has 4 rings (SSSR count).